The molecule has 0 saturated heterocycles. The van der Waals surface area contributed by atoms with Crippen LogP contribution in [0.25, 0.3) is 0 Å². The number of benzene rings is 1. The van der Waals surface area contributed by atoms with Crippen LogP contribution in [0, 0.1) is 0 Å². The molecule has 0 aliphatic carbocycles. The Morgan fingerprint density at radius 3 is 2.79 bits per heavy atom. The van der Waals surface area contributed by atoms with Gasteiger partial charge < -0.3 is 14.9 Å². The van der Waals surface area contributed by atoms with Gasteiger partial charge in [0.15, 0.2) is 0 Å². The molecule has 0 aliphatic heterocycles. The first-order valence-corrected chi connectivity index (χ1v) is 4.74. The van der Waals surface area contributed by atoms with Gasteiger partial charge in [0.1, 0.15) is 12.4 Å². The summed E-state index contributed by atoms with van der Waals surface area (Å²) < 4.78 is 5.23. The number of ether oxygens (including phenoxy) is 1. The van der Waals surface area contributed by atoms with Gasteiger partial charge in [0.2, 0.25) is 0 Å². The van der Waals surface area contributed by atoms with Crippen molar-refractivity contribution in [3.63, 3.8) is 0 Å². The van der Waals surface area contributed by atoms with Gasteiger partial charge in [-0.2, -0.15) is 0 Å². The molecule has 3 nitrogen and oxygen atoms in total. The lowest BCUT2D eigenvalue weighted by atomic mass is 10.1. The van der Waals surface area contributed by atoms with Gasteiger partial charge in [0.05, 0.1) is 12.7 Å². The average molecular weight is 217 g/mol. The van der Waals surface area contributed by atoms with Crippen LogP contribution in [0.2, 0.25) is 5.02 Å². The second-order valence-corrected chi connectivity index (χ2v) is 3.37. The smallest absolute Gasteiger partial charge is 0.125 e. The quantitative estimate of drug-likeness (QED) is 0.807. The predicted octanol–water partition coefficient (Wildman–Crippen LogP) is 1.76. The van der Waals surface area contributed by atoms with Crippen molar-refractivity contribution in [3.05, 3.63) is 28.8 Å². The van der Waals surface area contributed by atoms with E-state index in [1.165, 1.54) is 0 Å². The molecule has 0 radical (unpaired) electrons. The Balaban J connectivity index is 2.90. The van der Waals surface area contributed by atoms with E-state index in [-0.39, 0.29) is 13.2 Å². The van der Waals surface area contributed by atoms with E-state index in [2.05, 4.69) is 0 Å². The van der Waals surface area contributed by atoms with Crippen molar-refractivity contribution in [1.29, 1.82) is 0 Å². The van der Waals surface area contributed by atoms with Crippen molar-refractivity contribution in [2.24, 2.45) is 0 Å². The maximum atomic E-state index is 9.43. The Bertz CT molecular complexity index is 299. The molecule has 0 aliphatic rings. The normalized spacial score (nSPS) is 12.6. The summed E-state index contributed by atoms with van der Waals surface area (Å²) in [6, 6.07) is 5.01. The summed E-state index contributed by atoms with van der Waals surface area (Å²) in [4.78, 5) is 0. The van der Waals surface area contributed by atoms with Gasteiger partial charge in [-0.05, 0) is 25.1 Å². The van der Waals surface area contributed by atoms with E-state index in [1.807, 2.05) is 0 Å². The first-order valence-electron chi connectivity index (χ1n) is 4.36. The van der Waals surface area contributed by atoms with Gasteiger partial charge in [0.25, 0.3) is 0 Å². The number of aliphatic hydroxyl groups is 2. The first kappa shape index (κ1) is 11.3. The molecule has 1 aromatic rings. The fraction of sp³-hybridized carbons (Fsp3) is 0.400. The maximum absolute atomic E-state index is 9.43. The van der Waals surface area contributed by atoms with E-state index >= 15 is 0 Å². The molecule has 1 atom stereocenters. The summed E-state index contributed by atoms with van der Waals surface area (Å²) in [5, 5.41) is 18.6. The minimum atomic E-state index is -0.637. The summed E-state index contributed by atoms with van der Waals surface area (Å²) in [5.41, 5.74) is 0.631. The van der Waals surface area contributed by atoms with Gasteiger partial charge >= 0.3 is 0 Å². The standard InChI is InChI=1S/C10H13ClO3/c1-7(13)9-6-8(11)2-3-10(9)14-5-4-12/h2-3,6-7,12-13H,4-5H2,1H3/t7-/m0/s1. The van der Waals surface area contributed by atoms with Gasteiger partial charge in [-0.1, -0.05) is 11.6 Å². The van der Waals surface area contributed by atoms with E-state index < -0.39 is 6.10 Å². The van der Waals surface area contributed by atoms with E-state index in [0.29, 0.717) is 16.3 Å². The molecule has 0 amide bonds. The zero-order valence-electron chi connectivity index (χ0n) is 7.90. The molecule has 0 heterocycles. The average Bonchev–Trinajstić information content (AvgIpc) is 2.15. The topological polar surface area (TPSA) is 49.7 Å². The molecule has 0 fully saturated rings. The Morgan fingerprint density at radius 1 is 1.50 bits per heavy atom. The molecule has 14 heavy (non-hydrogen) atoms. The molecule has 1 aromatic carbocycles. The Hall–Kier alpha value is -0.770. The molecular weight excluding hydrogens is 204 g/mol. The number of hydrogen-bond acceptors (Lipinski definition) is 3. The summed E-state index contributed by atoms with van der Waals surface area (Å²) >= 11 is 5.78. The summed E-state index contributed by atoms with van der Waals surface area (Å²) in [6.45, 7) is 1.79. The van der Waals surface area contributed by atoms with Gasteiger partial charge in [0, 0.05) is 10.6 Å². The maximum Gasteiger partial charge on any atom is 0.125 e. The largest absolute Gasteiger partial charge is 0.491 e. The highest BCUT2D eigenvalue weighted by Crippen LogP contribution is 2.28. The summed E-state index contributed by atoms with van der Waals surface area (Å²) in [7, 11) is 0. The van der Waals surface area contributed by atoms with Crippen molar-refractivity contribution < 1.29 is 14.9 Å². The van der Waals surface area contributed by atoms with Crippen LogP contribution in [0.4, 0.5) is 0 Å². The van der Waals surface area contributed by atoms with Crippen molar-refractivity contribution >= 4 is 11.6 Å². The van der Waals surface area contributed by atoms with Crippen LogP contribution >= 0.6 is 11.6 Å². The number of halogens is 1. The lowest BCUT2D eigenvalue weighted by molar-refractivity contribution is 0.177. The second kappa shape index (κ2) is 5.20. The van der Waals surface area contributed by atoms with Crippen molar-refractivity contribution in [1.82, 2.24) is 0 Å². The molecule has 4 heteroatoms. The molecule has 0 bridgehead atoms. The van der Waals surface area contributed by atoms with Crippen LogP contribution < -0.4 is 4.74 Å². The highest BCUT2D eigenvalue weighted by Gasteiger charge is 2.09. The van der Waals surface area contributed by atoms with Gasteiger partial charge in [-0.3, -0.25) is 0 Å². The third-order valence-electron chi connectivity index (χ3n) is 1.77. The summed E-state index contributed by atoms with van der Waals surface area (Å²) in [5.74, 6) is 0.554. The Morgan fingerprint density at radius 2 is 2.21 bits per heavy atom. The first-order chi connectivity index (χ1) is 6.65. The van der Waals surface area contributed by atoms with E-state index in [0.717, 1.165) is 0 Å². The van der Waals surface area contributed by atoms with E-state index in [4.69, 9.17) is 21.4 Å². The minimum Gasteiger partial charge on any atom is -0.491 e. The van der Waals surface area contributed by atoms with Crippen LogP contribution in [0.3, 0.4) is 0 Å². The fourth-order valence-electron chi connectivity index (χ4n) is 1.13. The van der Waals surface area contributed by atoms with Crippen molar-refractivity contribution in [3.8, 4) is 5.75 Å². The molecule has 0 unspecified atom stereocenters. The lowest BCUT2D eigenvalue weighted by Gasteiger charge is -2.12. The Labute approximate surface area is 87.9 Å². The molecule has 2 N–H and O–H groups in total. The van der Waals surface area contributed by atoms with Crippen LogP contribution in [-0.4, -0.2) is 23.4 Å². The zero-order chi connectivity index (χ0) is 10.6. The number of aliphatic hydroxyl groups excluding tert-OH is 2. The molecule has 78 valence electrons. The van der Waals surface area contributed by atoms with E-state index in [9.17, 15) is 5.11 Å². The van der Waals surface area contributed by atoms with Gasteiger partial charge in [-0.15, -0.1) is 0 Å². The molecule has 0 saturated carbocycles. The zero-order valence-corrected chi connectivity index (χ0v) is 8.66. The van der Waals surface area contributed by atoms with E-state index in [1.54, 1.807) is 25.1 Å². The van der Waals surface area contributed by atoms with Gasteiger partial charge in [-0.25, -0.2) is 0 Å². The Kier molecular flexibility index (Phi) is 4.20. The van der Waals surface area contributed by atoms with Crippen LogP contribution in [0.1, 0.15) is 18.6 Å². The second-order valence-electron chi connectivity index (χ2n) is 2.93. The highest BCUT2D eigenvalue weighted by atomic mass is 35.5. The van der Waals surface area contributed by atoms with Crippen molar-refractivity contribution in [2.75, 3.05) is 13.2 Å². The third-order valence-corrected chi connectivity index (χ3v) is 2.01. The highest BCUT2D eigenvalue weighted by molar-refractivity contribution is 6.30. The van der Waals surface area contributed by atoms with Crippen LogP contribution in [-0.2, 0) is 0 Å². The number of rotatable bonds is 4. The SMILES string of the molecule is C[C@H](O)c1cc(Cl)ccc1OCCO. The minimum absolute atomic E-state index is 0.0537. The molecule has 0 spiro atoms. The molecule has 0 aromatic heterocycles. The third kappa shape index (κ3) is 2.87. The molecular formula is C10H13ClO3. The fourth-order valence-corrected chi connectivity index (χ4v) is 1.31. The monoisotopic (exact) mass is 216 g/mol. The number of hydrogen-bond donors (Lipinski definition) is 2. The molecule has 1 rings (SSSR count). The lowest BCUT2D eigenvalue weighted by Crippen LogP contribution is -2.05. The van der Waals surface area contributed by atoms with Crippen LogP contribution in [0.5, 0.6) is 5.75 Å². The van der Waals surface area contributed by atoms with Crippen molar-refractivity contribution in [2.45, 2.75) is 13.0 Å². The predicted molar refractivity (Wildman–Crippen MR) is 54.7 cm³/mol. The summed E-state index contributed by atoms with van der Waals surface area (Å²) in [6.07, 6.45) is -0.637. The van der Waals surface area contributed by atoms with Crippen LogP contribution in [0.15, 0.2) is 18.2 Å².